The van der Waals surface area contributed by atoms with Crippen LogP contribution in [-0.2, 0) is 9.59 Å². The molecule has 1 aromatic rings. The number of allylic oxidation sites excluding steroid dienone is 4. The number of rotatable bonds is 1. The lowest BCUT2D eigenvalue weighted by molar-refractivity contribution is -0.119. The van der Waals surface area contributed by atoms with E-state index in [2.05, 4.69) is 43.0 Å². The van der Waals surface area contributed by atoms with Crippen molar-refractivity contribution in [2.45, 2.75) is 59.3 Å². The Labute approximate surface area is 168 Å². The summed E-state index contributed by atoms with van der Waals surface area (Å²) >= 11 is 12.2. The summed E-state index contributed by atoms with van der Waals surface area (Å²) < 4.78 is 0. The molecule has 0 radical (unpaired) electrons. The third kappa shape index (κ3) is 3.15. The van der Waals surface area contributed by atoms with Crippen LogP contribution >= 0.6 is 23.2 Å². The highest BCUT2D eigenvalue weighted by Gasteiger charge is 2.47. The van der Waals surface area contributed by atoms with Crippen molar-refractivity contribution >= 4 is 34.8 Å². The number of ketones is 2. The van der Waals surface area contributed by atoms with Gasteiger partial charge in [-0.25, -0.2) is 4.98 Å². The fourth-order valence-electron chi connectivity index (χ4n) is 4.65. The summed E-state index contributed by atoms with van der Waals surface area (Å²) in [6.07, 6.45) is 2.37. The third-order valence-corrected chi connectivity index (χ3v) is 6.27. The summed E-state index contributed by atoms with van der Waals surface area (Å²) in [6.45, 7) is 8.36. The molecule has 0 spiro atoms. The van der Waals surface area contributed by atoms with Gasteiger partial charge < -0.3 is 10.3 Å². The molecule has 0 bridgehead atoms. The maximum Gasteiger partial charge on any atom is 0.166 e. The first-order valence-electron chi connectivity index (χ1n) is 9.18. The van der Waals surface area contributed by atoms with Gasteiger partial charge in [0.15, 0.2) is 16.7 Å². The van der Waals surface area contributed by atoms with E-state index in [1.165, 1.54) is 0 Å². The molecule has 1 aromatic heterocycles. The number of hydrogen-bond acceptors (Lipinski definition) is 4. The van der Waals surface area contributed by atoms with E-state index in [0.29, 0.717) is 29.8 Å². The molecule has 0 amide bonds. The summed E-state index contributed by atoms with van der Waals surface area (Å²) in [6, 6.07) is 0. The monoisotopic (exact) mass is 407 g/mol. The van der Waals surface area contributed by atoms with Gasteiger partial charge in [-0.2, -0.15) is 0 Å². The molecule has 3 aliphatic rings. The molecule has 0 saturated heterocycles. The van der Waals surface area contributed by atoms with Crippen molar-refractivity contribution in [3.05, 3.63) is 38.7 Å². The van der Waals surface area contributed by atoms with Gasteiger partial charge in [-0.3, -0.25) is 9.59 Å². The number of Topliss-reactive ketones (excluding diaryl/α,β-unsaturated/α-hetero) is 2. The van der Waals surface area contributed by atoms with Gasteiger partial charge in [-0.15, -0.1) is 0 Å². The van der Waals surface area contributed by atoms with Crippen molar-refractivity contribution < 1.29 is 9.59 Å². The van der Waals surface area contributed by atoms with E-state index in [1.807, 2.05) is 0 Å². The van der Waals surface area contributed by atoms with Crippen LogP contribution in [0.3, 0.4) is 0 Å². The fraction of sp³-hybridized carbons (Fsp3) is 0.550. The zero-order valence-electron chi connectivity index (χ0n) is 15.9. The standard InChI is InChI=1S/C20H23Cl2N3O2/c1-19(2)5-9-13(11(26)7-19)15(18-24-16(21)17(22)25-18)14-10(23-9)6-20(3,4)8-12(14)27/h15,23H,5-8H2,1-4H3,(H,24,25). The SMILES string of the molecule is CC1(C)CC(=O)C2=C(C1)NC1=C(C(=O)CC(C)(C)C1)C2c1nc(Cl)c(Cl)[nH]1. The van der Waals surface area contributed by atoms with Crippen molar-refractivity contribution in [3.8, 4) is 0 Å². The zero-order chi connectivity index (χ0) is 19.7. The van der Waals surface area contributed by atoms with Crippen LogP contribution in [0, 0.1) is 10.8 Å². The number of carbonyl (C=O) groups is 2. The summed E-state index contributed by atoms with van der Waals surface area (Å²) in [5.41, 5.74) is 2.80. The molecular weight excluding hydrogens is 385 g/mol. The second kappa shape index (κ2) is 5.95. The second-order valence-electron chi connectivity index (χ2n) is 9.45. The van der Waals surface area contributed by atoms with Crippen LogP contribution < -0.4 is 5.32 Å². The first kappa shape index (κ1) is 18.8. The Morgan fingerprint density at radius 1 is 0.889 bits per heavy atom. The van der Waals surface area contributed by atoms with E-state index < -0.39 is 5.92 Å². The Morgan fingerprint density at radius 2 is 1.37 bits per heavy atom. The highest BCUT2D eigenvalue weighted by Crippen LogP contribution is 2.50. The number of aromatic amines is 1. The minimum Gasteiger partial charge on any atom is -0.362 e. The van der Waals surface area contributed by atoms with Gasteiger partial charge in [-0.1, -0.05) is 50.9 Å². The molecule has 0 unspecified atom stereocenters. The van der Waals surface area contributed by atoms with E-state index in [9.17, 15) is 9.59 Å². The van der Waals surface area contributed by atoms with E-state index in [-0.39, 0.29) is 32.7 Å². The van der Waals surface area contributed by atoms with Crippen LogP contribution in [0.4, 0.5) is 0 Å². The van der Waals surface area contributed by atoms with Gasteiger partial charge in [0.2, 0.25) is 0 Å². The quantitative estimate of drug-likeness (QED) is 0.707. The summed E-state index contributed by atoms with van der Waals surface area (Å²) in [5, 5.41) is 3.84. The molecule has 1 aliphatic heterocycles. The maximum absolute atomic E-state index is 13.1. The molecule has 2 N–H and O–H groups in total. The number of H-pyrrole nitrogens is 1. The van der Waals surface area contributed by atoms with Crippen LogP contribution in [0.15, 0.2) is 22.5 Å². The number of imidazole rings is 1. The minimum atomic E-state index is -0.534. The number of nitrogens with zero attached hydrogens (tertiary/aromatic N) is 1. The number of nitrogens with one attached hydrogen (secondary N) is 2. The molecule has 7 heteroatoms. The molecule has 2 heterocycles. The summed E-state index contributed by atoms with van der Waals surface area (Å²) in [5.74, 6) is 0.0271. The molecule has 144 valence electrons. The van der Waals surface area contributed by atoms with Crippen LogP contribution in [0.5, 0.6) is 0 Å². The average Bonchev–Trinajstić information content (AvgIpc) is 2.81. The van der Waals surface area contributed by atoms with E-state index in [4.69, 9.17) is 23.2 Å². The number of hydrogen-bond donors (Lipinski definition) is 2. The highest BCUT2D eigenvalue weighted by atomic mass is 35.5. The van der Waals surface area contributed by atoms with E-state index in [0.717, 1.165) is 24.2 Å². The molecular formula is C20H23Cl2N3O2. The normalized spacial score (nSPS) is 24.7. The van der Waals surface area contributed by atoms with Crippen molar-refractivity contribution in [2.75, 3.05) is 0 Å². The topological polar surface area (TPSA) is 74.8 Å². The van der Waals surface area contributed by atoms with Gasteiger partial charge in [0.1, 0.15) is 11.0 Å². The summed E-state index contributed by atoms with van der Waals surface area (Å²) in [4.78, 5) is 33.5. The second-order valence-corrected chi connectivity index (χ2v) is 10.2. The van der Waals surface area contributed by atoms with Gasteiger partial charge in [0, 0.05) is 35.4 Å². The smallest absolute Gasteiger partial charge is 0.166 e. The minimum absolute atomic E-state index is 0.0478. The number of carbonyl (C=O) groups excluding carboxylic acids is 2. The Balaban J connectivity index is 1.92. The molecule has 4 rings (SSSR count). The lowest BCUT2D eigenvalue weighted by atomic mass is 9.65. The van der Waals surface area contributed by atoms with Crippen molar-refractivity contribution in [1.82, 2.24) is 15.3 Å². The first-order valence-corrected chi connectivity index (χ1v) is 9.93. The number of aromatic nitrogens is 2. The molecule has 0 atom stereocenters. The molecule has 2 aliphatic carbocycles. The third-order valence-electron chi connectivity index (χ3n) is 5.63. The molecule has 5 nitrogen and oxygen atoms in total. The highest BCUT2D eigenvalue weighted by molar-refractivity contribution is 6.40. The van der Waals surface area contributed by atoms with Crippen molar-refractivity contribution in [1.29, 1.82) is 0 Å². The van der Waals surface area contributed by atoms with E-state index >= 15 is 0 Å². The van der Waals surface area contributed by atoms with Gasteiger partial charge in [0.05, 0.1) is 5.92 Å². The lowest BCUT2D eigenvalue weighted by Crippen LogP contribution is -2.42. The maximum atomic E-state index is 13.1. The van der Waals surface area contributed by atoms with Crippen molar-refractivity contribution in [2.24, 2.45) is 10.8 Å². The van der Waals surface area contributed by atoms with Gasteiger partial charge >= 0.3 is 0 Å². The van der Waals surface area contributed by atoms with Gasteiger partial charge in [0.25, 0.3) is 0 Å². The van der Waals surface area contributed by atoms with Crippen LogP contribution in [-0.4, -0.2) is 21.5 Å². The van der Waals surface area contributed by atoms with E-state index in [1.54, 1.807) is 0 Å². The van der Waals surface area contributed by atoms with Gasteiger partial charge in [-0.05, 0) is 23.7 Å². The molecule has 27 heavy (non-hydrogen) atoms. The Bertz CT molecular complexity index is 866. The Hall–Kier alpha value is -1.59. The lowest BCUT2D eigenvalue weighted by Gasteiger charge is -2.43. The predicted octanol–water partition coefficient (Wildman–Crippen LogP) is 4.69. The Kier molecular flexibility index (Phi) is 4.13. The number of dihydropyridines is 1. The fourth-order valence-corrected chi connectivity index (χ4v) is 4.92. The zero-order valence-corrected chi connectivity index (χ0v) is 17.4. The summed E-state index contributed by atoms with van der Waals surface area (Å²) in [7, 11) is 0. The average molecular weight is 408 g/mol. The largest absolute Gasteiger partial charge is 0.362 e. The molecule has 0 fully saturated rings. The van der Waals surface area contributed by atoms with Crippen LogP contribution in [0.2, 0.25) is 10.3 Å². The van der Waals surface area contributed by atoms with Crippen LogP contribution in [0.1, 0.15) is 65.1 Å². The molecule has 0 saturated carbocycles. The predicted molar refractivity (Wildman–Crippen MR) is 105 cm³/mol. The van der Waals surface area contributed by atoms with Crippen LogP contribution in [0.25, 0.3) is 0 Å². The first-order chi connectivity index (χ1) is 12.5. The van der Waals surface area contributed by atoms with Crippen molar-refractivity contribution in [3.63, 3.8) is 0 Å². The number of halogens is 2. The molecule has 0 aromatic carbocycles. The Morgan fingerprint density at radius 3 is 1.78 bits per heavy atom.